The molecule has 9 nitrogen and oxygen atoms in total. The third kappa shape index (κ3) is 3.31. The Labute approximate surface area is 256 Å². The van der Waals surface area contributed by atoms with Gasteiger partial charge in [0.2, 0.25) is 0 Å². The van der Waals surface area contributed by atoms with E-state index in [2.05, 4.69) is 13.5 Å². The van der Waals surface area contributed by atoms with Gasteiger partial charge in [-0.2, -0.15) is 0 Å². The van der Waals surface area contributed by atoms with Crippen molar-refractivity contribution in [1.82, 2.24) is 0 Å². The molecule has 6 aliphatic rings. The van der Waals surface area contributed by atoms with E-state index < -0.39 is 70.6 Å². The Morgan fingerprint density at radius 3 is 2.36 bits per heavy atom. The molecule has 0 radical (unpaired) electrons. The monoisotopic (exact) mass is 604 g/mol. The van der Waals surface area contributed by atoms with E-state index in [4.69, 9.17) is 23.7 Å². The predicted molar refractivity (Wildman–Crippen MR) is 156 cm³/mol. The second-order valence-corrected chi connectivity index (χ2v) is 14.0. The minimum Gasteiger partial charge on any atom is -0.455 e. The van der Waals surface area contributed by atoms with Crippen LogP contribution >= 0.6 is 0 Å². The van der Waals surface area contributed by atoms with E-state index in [0.717, 1.165) is 5.57 Å². The number of esters is 1. The maximum absolute atomic E-state index is 13.5. The van der Waals surface area contributed by atoms with Crippen LogP contribution in [0.5, 0.6) is 0 Å². The Hall–Kier alpha value is -2.63. The number of benzene rings is 2. The quantitative estimate of drug-likeness (QED) is 0.258. The third-order valence-corrected chi connectivity index (χ3v) is 11.9. The zero-order valence-electron chi connectivity index (χ0n) is 25.2. The number of epoxide rings is 1. The van der Waals surface area contributed by atoms with Crippen molar-refractivity contribution >= 4 is 5.97 Å². The number of fused-ring (bicyclic) bond motifs is 3. The van der Waals surface area contributed by atoms with Crippen LogP contribution in [0.3, 0.4) is 0 Å². The summed E-state index contributed by atoms with van der Waals surface area (Å²) in [6.07, 6.45) is -2.70. The first-order chi connectivity index (χ1) is 21.0. The van der Waals surface area contributed by atoms with Crippen LogP contribution < -0.4 is 0 Å². The first kappa shape index (κ1) is 28.8. The predicted octanol–water partition coefficient (Wildman–Crippen LogP) is 3.46. The van der Waals surface area contributed by atoms with Crippen LogP contribution in [-0.4, -0.2) is 74.7 Å². The fraction of sp³-hybridized carbons (Fsp3) is 0.571. The van der Waals surface area contributed by atoms with E-state index in [1.807, 2.05) is 50.2 Å². The Morgan fingerprint density at radius 1 is 1.02 bits per heavy atom. The van der Waals surface area contributed by atoms with Crippen molar-refractivity contribution in [3.05, 3.63) is 83.9 Å². The van der Waals surface area contributed by atoms with Gasteiger partial charge in [0.05, 0.1) is 17.3 Å². The smallest absolute Gasteiger partial charge is 0.338 e. The zero-order chi connectivity index (χ0) is 30.9. The molecule has 0 amide bonds. The van der Waals surface area contributed by atoms with E-state index in [0.29, 0.717) is 24.0 Å². The summed E-state index contributed by atoms with van der Waals surface area (Å²) in [6, 6.07) is 18.2. The molecule has 10 unspecified atom stereocenters. The molecule has 8 rings (SSSR count). The molecule has 3 heterocycles. The van der Waals surface area contributed by atoms with Crippen molar-refractivity contribution in [2.45, 2.75) is 92.8 Å². The third-order valence-electron chi connectivity index (χ3n) is 11.9. The molecule has 6 fully saturated rings. The molecule has 3 N–H and O–H groups in total. The first-order valence-electron chi connectivity index (χ1n) is 15.7. The van der Waals surface area contributed by atoms with E-state index >= 15 is 0 Å². The zero-order valence-corrected chi connectivity index (χ0v) is 25.2. The average Bonchev–Trinajstić information content (AvgIpc) is 3.62. The number of carbonyl (C=O) groups is 1. The SMILES string of the molecule is C=C(C)C12CC(C)C34OC(c5ccccc5)(OC1[C@H]3[C@H]1OC1(CCO)C(O)C1(O)C(OC(=O)c3ccccc3)C(C)C[C@H]14)O2. The lowest BCUT2D eigenvalue weighted by Gasteiger charge is -2.60. The lowest BCUT2D eigenvalue weighted by molar-refractivity contribution is -0.443. The van der Waals surface area contributed by atoms with Crippen molar-refractivity contribution in [1.29, 1.82) is 0 Å². The van der Waals surface area contributed by atoms with Gasteiger partial charge in [0, 0.05) is 30.4 Å². The second-order valence-electron chi connectivity index (χ2n) is 14.0. The second kappa shape index (κ2) is 9.22. The van der Waals surface area contributed by atoms with Gasteiger partial charge in [-0.15, -0.1) is 0 Å². The summed E-state index contributed by atoms with van der Waals surface area (Å²) in [5.41, 5.74) is -3.44. The summed E-state index contributed by atoms with van der Waals surface area (Å²) in [5.74, 6) is -3.86. The molecule has 2 aromatic rings. The number of ether oxygens (including phenoxy) is 5. The number of carbonyl (C=O) groups excluding carboxylic acids is 1. The molecule has 3 aliphatic heterocycles. The summed E-state index contributed by atoms with van der Waals surface area (Å²) < 4.78 is 33.7. The van der Waals surface area contributed by atoms with Gasteiger partial charge >= 0.3 is 11.9 Å². The number of hydrogen-bond acceptors (Lipinski definition) is 9. The minimum absolute atomic E-state index is 0.0834. The van der Waals surface area contributed by atoms with E-state index in [1.54, 1.807) is 24.3 Å². The Bertz CT molecular complexity index is 1500. The lowest BCUT2D eigenvalue weighted by Crippen LogP contribution is -2.72. The molecular formula is C35H40O9. The number of aliphatic hydroxyl groups is 3. The van der Waals surface area contributed by atoms with Crippen LogP contribution in [0, 0.1) is 23.7 Å². The highest BCUT2D eigenvalue weighted by molar-refractivity contribution is 5.89. The molecule has 2 aromatic carbocycles. The van der Waals surface area contributed by atoms with Gasteiger partial charge in [-0.3, -0.25) is 0 Å². The normalized spacial score (nSPS) is 49.4. The molecule has 3 aliphatic carbocycles. The standard InChI is InChI=1S/C35H40O9/c1-19(2)32-18-21(4)34-24-17-20(3)26(40-29(37)22-11-7-5-8-12-22)33(24,39)30(38)31(15-16-36)27(41-31)25(34)28(32)42-35(43-32,44-34)23-13-9-6-10-14-23/h5-14,20-21,24-28,30,36,38-39H,1,15-18H2,2-4H3/t20?,21?,24-,25-,26?,27-,28?,30?,31?,32?,33?,34?,35?/m1/s1. The molecule has 234 valence electrons. The van der Waals surface area contributed by atoms with E-state index in [-0.39, 0.29) is 24.9 Å². The van der Waals surface area contributed by atoms with Crippen molar-refractivity contribution in [3.8, 4) is 0 Å². The molecule has 3 saturated carbocycles. The van der Waals surface area contributed by atoms with Crippen LogP contribution in [0.2, 0.25) is 0 Å². The highest BCUT2D eigenvalue weighted by Gasteiger charge is 2.89. The van der Waals surface area contributed by atoms with Gasteiger partial charge in [0.15, 0.2) is 0 Å². The van der Waals surface area contributed by atoms with E-state index in [1.165, 1.54) is 0 Å². The van der Waals surface area contributed by atoms with Gasteiger partial charge in [-0.1, -0.05) is 69.0 Å². The minimum atomic E-state index is -1.96. The fourth-order valence-electron chi connectivity index (χ4n) is 10.0. The molecule has 0 aromatic heterocycles. The van der Waals surface area contributed by atoms with Crippen LogP contribution in [0.15, 0.2) is 72.8 Å². The maximum Gasteiger partial charge on any atom is 0.338 e. The Balaban J connectivity index is 1.32. The van der Waals surface area contributed by atoms with Crippen molar-refractivity contribution in [2.24, 2.45) is 23.7 Å². The van der Waals surface area contributed by atoms with Gasteiger partial charge in [0.25, 0.3) is 0 Å². The number of hydrogen-bond donors (Lipinski definition) is 3. The summed E-state index contributed by atoms with van der Waals surface area (Å²) in [6.45, 7) is 10.1. The van der Waals surface area contributed by atoms with Gasteiger partial charge in [0.1, 0.15) is 35.1 Å². The molecular weight excluding hydrogens is 564 g/mol. The van der Waals surface area contributed by atoms with E-state index in [9.17, 15) is 20.1 Å². The summed E-state index contributed by atoms with van der Waals surface area (Å²) in [5, 5.41) is 35.7. The maximum atomic E-state index is 13.5. The Kier molecular flexibility index (Phi) is 6.04. The van der Waals surface area contributed by atoms with Crippen LogP contribution in [0.1, 0.15) is 56.0 Å². The molecule has 3 saturated heterocycles. The molecule has 9 heteroatoms. The van der Waals surface area contributed by atoms with Crippen LogP contribution in [-0.2, 0) is 29.7 Å². The molecule has 3 bridgehead atoms. The summed E-state index contributed by atoms with van der Waals surface area (Å²) >= 11 is 0. The van der Waals surface area contributed by atoms with Gasteiger partial charge in [-0.05, 0) is 49.3 Å². The lowest BCUT2D eigenvalue weighted by atomic mass is 9.54. The Morgan fingerprint density at radius 2 is 1.70 bits per heavy atom. The fourth-order valence-corrected chi connectivity index (χ4v) is 10.0. The highest BCUT2D eigenvalue weighted by Crippen LogP contribution is 2.75. The number of aliphatic hydroxyl groups excluding tert-OH is 2. The molecule has 13 atom stereocenters. The summed E-state index contributed by atoms with van der Waals surface area (Å²) in [4.78, 5) is 13.5. The van der Waals surface area contributed by atoms with Crippen LogP contribution in [0.25, 0.3) is 0 Å². The largest absolute Gasteiger partial charge is 0.455 e. The molecule has 0 spiro atoms. The summed E-state index contributed by atoms with van der Waals surface area (Å²) in [7, 11) is 0. The van der Waals surface area contributed by atoms with Crippen LogP contribution in [0.4, 0.5) is 0 Å². The van der Waals surface area contributed by atoms with Crippen molar-refractivity contribution in [2.75, 3.05) is 6.61 Å². The average molecular weight is 605 g/mol. The van der Waals surface area contributed by atoms with Crippen molar-refractivity contribution < 1.29 is 43.8 Å². The topological polar surface area (TPSA) is 127 Å². The number of rotatable bonds is 6. The van der Waals surface area contributed by atoms with Gasteiger partial charge in [-0.25, -0.2) is 4.79 Å². The van der Waals surface area contributed by atoms with Crippen molar-refractivity contribution in [3.63, 3.8) is 0 Å². The first-order valence-corrected chi connectivity index (χ1v) is 15.7. The van der Waals surface area contributed by atoms with Gasteiger partial charge < -0.3 is 39.0 Å². The highest BCUT2D eigenvalue weighted by atomic mass is 16.9. The molecule has 44 heavy (non-hydrogen) atoms.